The monoisotopic (exact) mass is 184 g/mol. The first-order chi connectivity index (χ1) is 6.11. The summed E-state index contributed by atoms with van der Waals surface area (Å²) in [5.41, 5.74) is 0. The van der Waals surface area contributed by atoms with Gasteiger partial charge in [0.2, 0.25) is 0 Å². The van der Waals surface area contributed by atoms with Crippen molar-refractivity contribution in [3.63, 3.8) is 0 Å². The summed E-state index contributed by atoms with van der Waals surface area (Å²) in [6.07, 6.45) is 0. The van der Waals surface area contributed by atoms with Gasteiger partial charge in [-0.25, -0.2) is 0 Å². The lowest BCUT2D eigenvalue weighted by molar-refractivity contribution is 0.248. The predicted octanol–water partition coefficient (Wildman–Crippen LogP) is 1.48. The van der Waals surface area contributed by atoms with Gasteiger partial charge in [0, 0.05) is 19.1 Å². The molecule has 2 heteroatoms. The highest BCUT2D eigenvalue weighted by molar-refractivity contribution is 4.83. The Labute approximate surface area is 82.5 Å². The molecule has 0 bridgehead atoms. The Morgan fingerprint density at radius 1 is 1.15 bits per heavy atom. The molecule has 2 nitrogen and oxygen atoms in total. The van der Waals surface area contributed by atoms with E-state index in [-0.39, 0.29) is 0 Å². The van der Waals surface area contributed by atoms with Crippen LogP contribution in [-0.4, -0.2) is 25.7 Å². The molecule has 13 heavy (non-hydrogen) atoms. The Hall–Kier alpha value is -0.0800. The largest absolute Gasteiger partial charge is 0.314 e. The maximum absolute atomic E-state index is 3.62. The smallest absolute Gasteiger partial charge is 0.0317 e. The van der Waals surface area contributed by atoms with E-state index in [1.165, 1.54) is 6.54 Å². The lowest BCUT2D eigenvalue weighted by Gasteiger charge is -2.32. The van der Waals surface area contributed by atoms with Crippen molar-refractivity contribution in [3.05, 3.63) is 0 Å². The third kappa shape index (κ3) is 3.28. The first-order valence-electron chi connectivity index (χ1n) is 5.55. The molecule has 0 aliphatic carbocycles. The minimum absolute atomic E-state index is 0.736. The molecule has 0 amide bonds. The molecule has 0 spiro atoms. The minimum Gasteiger partial charge on any atom is -0.314 e. The van der Waals surface area contributed by atoms with Crippen LogP contribution < -0.4 is 10.6 Å². The van der Waals surface area contributed by atoms with Crippen molar-refractivity contribution >= 4 is 0 Å². The van der Waals surface area contributed by atoms with E-state index >= 15 is 0 Å². The van der Waals surface area contributed by atoms with Crippen molar-refractivity contribution in [2.45, 2.75) is 33.7 Å². The van der Waals surface area contributed by atoms with Gasteiger partial charge in [0.1, 0.15) is 0 Å². The molecule has 0 radical (unpaired) electrons. The van der Waals surface area contributed by atoms with Gasteiger partial charge in [0.05, 0.1) is 0 Å². The lowest BCUT2D eigenvalue weighted by atomic mass is 9.85. The van der Waals surface area contributed by atoms with Gasteiger partial charge in [-0.05, 0) is 24.3 Å². The van der Waals surface area contributed by atoms with Crippen molar-refractivity contribution in [2.24, 2.45) is 17.8 Å². The summed E-state index contributed by atoms with van der Waals surface area (Å²) in [6.45, 7) is 12.8. The standard InChI is InChI=1S/C11H24N2/c1-8(2)11(9(3)4)7-13-10-5-12-6-10/h8-13H,5-7H2,1-4H3. The highest BCUT2D eigenvalue weighted by Gasteiger charge is 2.21. The molecule has 0 aromatic heterocycles. The van der Waals surface area contributed by atoms with Gasteiger partial charge in [-0.3, -0.25) is 0 Å². The summed E-state index contributed by atoms with van der Waals surface area (Å²) in [4.78, 5) is 0. The van der Waals surface area contributed by atoms with Gasteiger partial charge in [0.15, 0.2) is 0 Å². The Kier molecular flexibility index (Phi) is 4.20. The van der Waals surface area contributed by atoms with E-state index in [1.807, 2.05) is 0 Å². The third-order valence-electron chi connectivity index (χ3n) is 3.14. The van der Waals surface area contributed by atoms with E-state index in [0.717, 1.165) is 36.9 Å². The van der Waals surface area contributed by atoms with Crippen LogP contribution in [0.1, 0.15) is 27.7 Å². The quantitative estimate of drug-likeness (QED) is 0.676. The lowest BCUT2D eigenvalue weighted by Crippen LogP contribution is -2.56. The van der Waals surface area contributed by atoms with Crippen molar-refractivity contribution in [1.82, 2.24) is 10.6 Å². The molecule has 2 N–H and O–H groups in total. The minimum atomic E-state index is 0.736. The molecule has 1 heterocycles. The Balaban J connectivity index is 2.21. The third-order valence-corrected chi connectivity index (χ3v) is 3.14. The maximum atomic E-state index is 3.62. The van der Waals surface area contributed by atoms with E-state index in [1.54, 1.807) is 0 Å². The summed E-state index contributed by atoms with van der Waals surface area (Å²) in [5, 5.41) is 6.90. The fourth-order valence-corrected chi connectivity index (χ4v) is 1.98. The summed E-state index contributed by atoms with van der Waals surface area (Å²) < 4.78 is 0. The van der Waals surface area contributed by atoms with Crippen molar-refractivity contribution < 1.29 is 0 Å². The fourth-order valence-electron chi connectivity index (χ4n) is 1.98. The van der Waals surface area contributed by atoms with E-state index in [2.05, 4.69) is 38.3 Å². The summed E-state index contributed by atoms with van der Waals surface area (Å²) in [6, 6.07) is 0.736. The molecule has 1 fully saturated rings. The van der Waals surface area contributed by atoms with Crippen molar-refractivity contribution in [3.8, 4) is 0 Å². The highest BCUT2D eigenvalue weighted by atomic mass is 15.1. The van der Waals surface area contributed by atoms with Gasteiger partial charge in [-0.15, -0.1) is 0 Å². The van der Waals surface area contributed by atoms with Gasteiger partial charge in [-0.2, -0.15) is 0 Å². The van der Waals surface area contributed by atoms with E-state index in [4.69, 9.17) is 0 Å². The van der Waals surface area contributed by atoms with Crippen LogP contribution in [0.5, 0.6) is 0 Å². The van der Waals surface area contributed by atoms with Crippen LogP contribution in [-0.2, 0) is 0 Å². The summed E-state index contributed by atoms with van der Waals surface area (Å²) >= 11 is 0. The van der Waals surface area contributed by atoms with Crippen molar-refractivity contribution in [1.29, 1.82) is 0 Å². The van der Waals surface area contributed by atoms with Crippen LogP contribution >= 0.6 is 0 Å². The molecular formula is C11H24N2. The Morgan fingerprint density at radius 2 is 1.69 bits per heavy atom. The topological polar surface area (TPSA) is 24.1 Å². The average Bonchev–Trinajstić information content (AvgIpc) is 1.92. The van der Waals surface area contributed by atoms with Crippen LogP contribution in [0.15, 0.2) is 0 Å². The number of hydrogen-bond donors (Lipinski definition) is 2. The SMILES string of the molecule is CC(C)C(CNC1CNC1)C(C)C. The van der Waals surface area contributed by atoms with E-state index < -0.39 is 0 Å². The van der Waals surface area contributed by atoms with E-state index in [0.29, 0.717) is 0 Å². The number of rotatable bonds is 5. The second kappa shape index (κ2) is 4.97. The fraction of sp³-hybridized carbons (Fsp3) is 1.00. The van der Waals surface area contributed by atoms with Gasteiger partial charge in [-0.1, -0.05) is 27.7 Å². The normalized spacial score (nSPS) is 18.7. The average molecular weight is 184 g/mol. The maximum Gasteiger partial charge on any atom is 0.0317 e. The van der Waals surface area contributed by atoms with Crippen molar-refractivity contribution in [2.75, 3.05) is 19.6 Å². The zero-order valence-corrected chi connectivity index (χ0v) is 9.43. The van der Waals surface area contributed by atoms with Gasteiger partial charge >= 0.3 is 0 Å². The van der Waals surface area contributed by atoms with E-state index in [9.17, 15) is 0 Å². The Bertz CT molecular complexity index is 131. The second-order valence-electron chi connectivity index (χ2n) is 4.92. The molecule has 1 aliphatic rings. The first kappa shape index (κ1) is 11.0. The molecule has 1 saturated heterocycles. The summed E-state index contributed by atoms with van der Waals surface area (Å²) in [7, 11) is 0. The Morgan fingerprint density at radius 3 is 2.00 bits per heavy atom. The molecule has 0 unspecified atom stereocenters. The molecule has 0 saturated carbocycles. The van der Waals surface area contributed by atoms with Crippen LogP contribution in [0.3, 0.4) is 0 Å². The van der Waals surface area contributed by atoms with Gasteiger partial charge < -0.3 is 10.6 Å². The van der Waals surface area contributed by atoms with Crippen LogP contribution in [0.4, 0.5) is 0 Å². The number of nitrogens with one attached hydrogen (secondary N) is 2. The molecule has 1 aliphatic heterocycles. The zero-order chi connectivity index (χ0) is 9.84. The molecule has 0 aromatic carbocycles. The van der Waals surface area contributed by atoms with Gasteiger partial charge in [0.25, 0.3) is 0 Å². The highest BCUT2D eigenvalue weighted by Crippen LogP contribution is 2.19. The molecule has 78 valence electrons. The summed E-state index contributed by atoms with van der Waals surface area (Å²) in [5.74, 6) is 2.40. The number of hydrogen-bond acceptors (Lipinski definition) is 2. The predicted molar refractivity (Wildman–Crippen MR) is 57.8 cm³/mol. The van der Waals surface area contributed by atoms with Crippen LogP contribution in [0, 0.1) is 17.8 Å². The second-order valence-corrected chi connectivity index (χ2v) is 4.92. The van der Waals surface area contributed by atoms with Crippen LogP contribution in [0.2, 0.25) is 0 Å². The first-order valence-corrected chi connectivity index (χ1v) is 5.55. The van der Waals surface area contributed by atoms with Crippen LogP contribution in [0.25, 0.3) is 0 Å². The molecule has 1 rings (SSSR count). The zero-order valence-electron chi connectivity index (χ0n) is 9.43. The molecule has 0 aromatic rings. The molecule has 0 atom stereocenters. The molecular weight excluding hydrogens is 160 g/mol.